The van der Waals surface area contributed by atoms with Crippen LogP contribution in [0.3, 0.4) is 0 Å². The highest BCUT2D eigenvalue weighted by Gasteiger charge is 2.10. The van der Waals surface area contributed by atoms with Crippen LogP contribution in [0.4, 0.5) is 0 Å². The summed E-state index contributed by atoms with van der Waals surface area (Å²) < 4.78 is 5.70. The van der Waals surface area contributed by atoms with Gasteiger partial charge in [0.15, 0.2) is 0 Å². The van der Waals surface area contributed by atoms with E-state index in [4.69, 9.17) is 4.74 Å². The highest BCUT2D eigenvalue weighted by atomic mass is 79.9. The second kappa shape index (κ2) is 6.64. The maximum atomic E-state index is 11.3. The van der Waals surface area contributed by atoms with Gasteiger partial charge in [0.2, 0.25) is 5.91 Å². The van der Waals surface area contributed by atoms with Gasteiger partial charge in [0.05, 0.1) is 11.4 Å². The Morgan fingerprint density at radius 2 is 2.18 bits per heavy atom. The molecular formula is C13H18BrNO2. The number of ether oxygens (including phenoxy) is 1. The molecule has 2 unspecified atom stereocenters. The van der Waals surface area contributed by atoms with Gasteiger partial charge in [-0.25, -0.2) is 0 Å². The third-order valence-corrected chi connectivity index (χ3v) is 2.67. The molecule has 17 heavy (non-hydrogen) atoms. The first-order chi connectivity index (χ1) is 7.99. The minimum Gasteiger partial charge on any atom is -0.489 e. The van der Waals surface area contributed by atoms with Crippen LogP contribution in [-0.2, 0) is 4.79 Å². The quantitative estimate of drug-likeness (QED) is 0.849. The highest BCUT2D eigenvalue weighted by molar-refractivity contribution is 9.10. The zero-order valence-corrected chi connectivity index (χ0v) is 12.0. The number of aryl methyl sites for hydroxylation is 1. The largest absolute Gasteiger partial charge is 0.489 e. The number of carbonyl (C=O) groups excluding carboxylic acids is 1. The first kappa shape index (κ1) is 14.0. The van der Waals surface area contributed by atoms with Gasteiger partial charge in [-0.3, -0.25) is 4.79 Å². The van der Waals surface area contributed by atoms with E-state index in [-0.39, 0.29) is 16.8 Å². The monoisotopic (exact) mass is 299 g/mol. The molecule has 1 N–H and O–H groups in total. The van der Waals surface area contributed by atoms with E-state index >= 15 is 0 Å². The molecule has 1 amide bonds. The number of alkyl halides is 1. The molecule has 0 radical (unpaired) electrons. The van der Waals surface area contributed by atoms with E-state index in [1.54, 1.807) is 6.92 Å². The fraction of sp³-hybridized carbons (Fsp3) is 0.462. The Hall–Kier alpha value is -1.03. The molecule has 0 heterocycles. The fourth-order valence-electron chi connectivity index (χ4n) is 1.35. The summed E-state index contributed by atoms with van der Waals surface area (Å²) in [5, 5.41) is 2.81. The number of hydrogen-bond acceptors (Lipinski definition) is 2. The normalized spacial score (nSPS) is 13.9. The van der Waals surface area contributed by atoms with Crippen molar-refractivity contribution in [3.05, 3.63) is 29.8 Å². The van der Waals surface area contributed by atoms with Gasteiger partial charge in [0, 0.05) is 0 Å². The summed E-state index contributed by atoms with van der Waals surface area (Å²) in [7, 11) is 0. The SMILES string of the molecule is Cc1cccc(OC(C)CNC(=O)C(C)Br)c1. The third-order valence-electron chi connectivity index (χ3n) is 2.25. The van der Waals surface area contributed by atoms with Crippen molar-refractivity contribution in [1.82, 2.24) is 5.32 Å². The minimum absolute atomic E-state index is 0.0234. The van der Waals surface area contributed by atoms with E-state index in [1.807, 2.05) is 38.1 Å². The van der Waals surface area contributed by atoms with Crippen LogP contribution < -0.4 is 10.1 Å². The highest BCUT2D eigenvalue weighted by Crippen LogP contribution is 2.13. The Morgan fingerprint density at radius 3 is 2.76 bits per heavy atom. The summed E-state index contributed by atoms with van der Waals surface area (Å²) >= 11 is 3.21. The molecule has 0 fully saturated rings. The smallest absolute Gasteiger partial charge is 0.233 e. The van der Waals surface area contributed by atoms with Gasteiger partial charge >= 0.3 is 0 Å². The predicted molar refractivity (Wildman–Crippen MR) is 72.7 cm³/mol. The van der Waals surface area contributed by atoms with Crippen LogP contribution >= 0.6 is 15.9 Å². The molecule has 0 saturated carbocycles. The lowest BCUT2D eigenvalue weighted by Crippen LogP contribution is -2.36. The van der Waals surface area contributed by atoms with Crippen LogP contribution in [0.1, 0.15) is 19.4 Å². The molecular weight excluding hydrogens is 282 g/mol. The standard InChI is InChI=1S/C13H18BrNO2/c1-9-5-4-6-12(7-9)17-10(2)8-15-13(16)11(3)14/h4-7,10-11H,8H2,1-3H3,(H,15,16). The molecule has 0 aromatic heterocycles. The first-order valence-corrected chi connectivity index (χ1v) is 6.55. The summed E-state index contributed by atoms with van der Waals surface area (Å²) in [4.78, 5) is 11.2. The Morgan fingerprint density at radius 1 is 1.47 bits per heavy atom. The Balaban J connectivity index is 2.39. The van der Waals surface area contributed by atoms with Crippen LogP contribution in [-0.4, -0.2) is 23.4 Å². The Kier molecular flexibility index (Phi) is 5.48. The molecule has 0 aliphatic rings. The summed E-state index contributed by atoms with van der Waals surface area (Å²) in [6, 6.07) is 7.87. The zero-order valence-electron chi connectivity index (χ0n) is 10.4. The molecule has 0 bridgehead atoms. The van der Waals surface area contributed by atoms with Crippen LogP contribution in [0.5, 0.6) is 5.75 Å². The van der Waals surface area contributed by atoms with Crippen molar-refractivity contribution < 1.29 is 9.53 Å². The van der Waals surface area contributed by atoms with E-state index < -0.39 is 0 Å². The van der Waals surface area contributed by atoms with Gasteiger partial charge in [0.25, 0.3) is 0 Å². The number of amides is 1. The average Bonchev–Trinajstić information content (AvgIpc) is 2.25. The zero-order chi connectivity index (χ0) is 12.8. The van der Waals surface area contributed by atoms with Crippen molar-refractivity contribution in [3.8, 4) is 5.75 Å². The predicted octanol–water partition coefficient (Wildman–Crippen LogP) is 2.66. The van der Waals surface area contributed by atoms with Crippen LogP contribution in [0, 0.1) is 6.92 Å². The average molecular weight is 300 g/mol. The fourth-order valence-corrected chi connectivity index (χ4v) is 1.51. The number of nitrogens with one attached hydrogen (secondary N) is 1. The van der Waals surface area contributed by atoms with Gasteiger partial charge in [-0.1, -0.05) is 28.1 Å². The van der Waals surface area contributed by atoms with Gasteiger partial charge in [-0.2, -0.15) is 0 Å². The van der Waals surface area contributed by atoms with Crippen molar-refractivity contribution >= 4 is 21.8 Å². The van der Waals surface area contributed by atoms with Crippen LogP contribution in [0.15, 0.2) is 24.3 Å². The van der Waals surface area contributed by atoms with Crippen LogP contribution in [0.25, 0.3) is 0 Å². The molecule has 0 spiro atoms. The molecule has 1 aromatic rings. The first-order valence-electron chi connectivity index (χ1n) is 5.64. The topological polar surface area (TPSA) is 38.3 Å². The molecule has 0 saturated heterocycles. The number of benzene rings is 1. The molecule has 94 valence electrons. The van der Waals surface area contributed by atoms with E-state index in [0.717, 1.165) is 11.3 Å². The maximum Gasteiger partial charge on any atom is 0.233 e. The third kappa shape index (κ3) is 5.22. The van der Waals surface area contributed by atoms with E-state index in [0.29, 0.717) is 6.54 Å². The van der Waals surface area contributed by atoms with Gasteiger partial charge in [0.1, 0.15) is 11.9 Å². The lowest BCUT2D eigenvalue weighted by atomic mass is 10.2. The van der Waals surface area contributed by atoms with Crippen molar-refractivity contribution in [2.75, 3.05) is 6.54 Å². The Labute approximate surface area is 111 Å². The van der Waals surface area contributed by atoms with Crippen molar-refractivity contribution in [1.29, 1.82) is 0 Å². The number of hydrogen-bond donors (Lipinski definition) is 1. The van der Waals surface area contributed by atoms with Crippen molar-refractivity contribution in [2.24, 2.45) is 0 Å². The second-order valence-corrected chi connectivity index (χ2v) is 5.48. The molecule has 0 aliphatic carbocycles. The summed E-state index contributed by atoms with van der Waals surface area (Å²) in [6.07, 6.45) is -0.0491. The second-order valence-electron chi connectivity index (χ2n) is 4.11. The maximum absolute atomic E-state index is 11.3. The minimum atomic E-state index is -0.173. The number of rotatable bonds is 5. The summed E-state index contributed by atoms with van der Waals surface area (Å²) in [5.41, 5.74) is 1.16. The number of carbonyl (C=O) groups is 1. The summed E-state index contributed by atoms with van der Waals surface area (Å²) in [6.45, 7) is 6.25. The van der Waals surface area contributed by atoms with Crippen molar-refractivity contribution in [3.63, 3.8) is 0 Å². The molecule has 1 rings (SSSR count). The van der Waals surface area contributed by atoms with Gasteiger partial charge in [-0.05, 0) is 38.5 Å². The molecule has 0 aliphatic heterocycles. The van der Waals surface area contributed by atoms with E-state index in [9.17, 15) is 4.79 Å². The Bertz CT molecular complexity index is 379. The van der Waals surface area contributed by atoms with Crippen molar-refractivity contribution in [2.45, 2.75) is 31.7 Å². The molecule has 1 aromatic carbocycles. The van der Waals surface area contributed by atoms with E-state index in [2.05, 4.69) is 21.2 Å². The van der Waals surface area contributed by atoms with E-state index in [1.165, 1.54) is 0 Å². The molecule has 3 nitrogen and oxygen atoms in total. The molecule has 4 heteroatoms. The van der Waals surface area contributed by atoms with Gasteiger partial charge < -0.3 is 10.1 Å². The van der Waals surface area contributed by atoms with Gasteiger partial charge in [-0.15, -0.1) is 0 Å². The summed E-state index contributed by atoms with van der Waals surface area (Å²) in [5.74, 6) is 0.809. The lowest BCUT2D eigenvalue weighted by molar-refractivity contribution is -0.120. The molecule has 2 atom stereocenters. The van der Waals surface area contributed by atoms with Crippen LogP contribution in [0.2, 0.25) is 0 Å². The number of halogens is 1. The lowest BCUT2D eigenvalue weighted by Gasteiger charge is -2.16.